The molecule has 3 rings (SSSR count). The van der Waals surface area contributed by atoms with E-state index in [1.54, 1.807) is 0 Å². The zero-order valence-corrected chi connectivity index (χ0v) is 13.3. The largest absolute Gasteiger partial charge is 0.491 e. The number of aliphatic hydroxyl groups is 1. The normalized spacial score (nSPS) is 17.0. The summed E-state index contributed by atoms with van der Waals surface area (Å²) in [5, 5.41) is 12.4. The highest BCUT2D eigenvalue weighted by atomic mass is 35.5. The molecule has 1 heterocycles. The topological polar surface area (TPSA) is 41.9 Å². The van der Waals surface area contributed by atoms with Crippen LogP contribution in [0.15, 0.2) is 42.5 Å². The van der Waals surface area contributed by atoms with Crippen molar-refractivity contribution in [2.75, 3.05) is 39.5 Å². The van der Waals surface area contributed by atoms with Crippen molar-refractivity contribution in [3.8, 4) is 5.75 Å². The van der Waals surface area contributed by atoms with Gasteiger partial charge in [-0.25, -0.2) is 0 Å². The van der Waals surface area contributed by atoms with E-state index in [1.807, 2.05) is 30.3 Å². The van der Waals surface area contributed by atoms with Gasteiger partial charge in [-0.05, 0) is 22.9 Å². The highest BCUT2D eigenvalue weighted by molar-refractivity contribution is 5.85. The lowest BCUT2D eigenvalue weighted by Gasteiger charge is -2.28. The first-order chi connectivity index (χ1) is 10.3. The minimum absolute atomic E-state index is 0. The van der Waals surface area contributed by atoms with Crippen LogP contribution in [0.25, 0.3) is 10.8 Å². The number of aliphatic hydroxyl groups excluding tert-OH is 1. The van der Waals surface area contributed by atoms with Crippen molar-refractivity contribution in [1.82, 2.24) is 4.90 Å². The number of ether oxygens (including phenoxy) is 2. The molecular weight excluding hydrogens is 302 g/mol. The third kappa shape index (κ3) is 4.58. The van der Waals surface area contributed by atoms with Gasteiger partial charge in [0, 0.05) is 19.6 Å². The number of β-amino-alcohol motifs (C(OH)–C–C–N with tert-alkyl or cyclic N) is 1. The van der Waals surface area contributed by atoms with Crippen molar-refractivity contribution in [2.45, 2.75) is 6.10 Å². The van der Waals surface area contributed by atoms with Gasteiger partial charge < -0.3 is 14.6 Å². The first kappa shape index (κ1) is 17.0. The number of fused-ring (bicyclic) bond motifs is 1. The lowest BCUT2D eigenvalue weighted by atomic mass is 10.1. The molecule has 1 fully saturated rings. The van der Waals surface area contributed by atoms with E-state index in [0.717, 1.165) is 37.4 Å². The summed E-state index contributed by atoms with van der Waals surface area (Å²) in [5.74, 6) is 0.801. The second kappa shape index (κ2) is 8.34. The van der Waals surface area contributed by atoms with Gasteiger partial charge in [0.15, 0.2) is 0 Å². The monoisotopic (exact) mass is 323 g/mol. The van der Waals surface area contributed by atoms with E-state index < -0.39 is 6.10 Å². The minimum atomic E-state index is -0.477. The lowest BCUT2D eigenvalue weighted by molar-refractivity contribution is 0.00467. The Morgan fingerprint density at radius 2 is 1.82 bits per heavy atom. The Morgan fingerprint density at radius 1 is 1.09 bits per heavy atom. The Morgan fingerprint density at radius 3 is 2.59 bits per heavy atom. The highest BCUT2D eigenvalue weighted by Crippen LogP contribution is 2.20. The van der Waals surface area contributed by atoms with Crippen molar-refractivity contribution < 1.29 is 14.6 Å². The molecule has 0 amide bonds. The van der Waals surface area contributed by atoms with Crippen molar-refractivity contribution in [3.63, 3.8) is 0 Å². The molecule has 2 aromatic rings. The highest BCUT2D eigenvalue weighted by Gasteiger charge is 2.15. The number of benzene rings is 2. The van der Waals surface area contributed by atoms with Crippen molar-refractivity contribution in [2.24, 2.45) is 0 Å². The summed E-state index contributed by atoms with van der Waals surface area (Å²) in [6, 6.07) is 14.2. The van der Waals surface area contributed by atoms with Crippen molar-refractivity contribution in [3.05, 3.63) is 42.5 Å². The predicted molar refractivity (Wildman–Crippen MR) is 90.0 cm³/mol. The zero-order chi connectivity index (χ0) is 14.5. The van der Waals surface area contributed by atoms with Crippen LogP contribution < -0.4 is 4.74 Å². The summed E-state index contributed by atoms with van der Waals surface area (Å²) in [6.07, 6.45) is -0.477. The maximum atomic E-state index is 10.1. The van der Waals surface area contributed by atoms with Gasteiger partial charge in [0.25, 0.3) is 0 Å². The van der Waals surface area contributed by atoms with Gasteiger partial charge in [-0.15, -0.1) is 12.4 Å². The number of morpholine rings is 1. The van der Waals surface area contributed by atoms with Gasteiger partial charge in [-0.1, -0.05) is 30.3 Å². The van der Waals surface area contributed by atoms with Crippen LogP contribution in [0, 0.1) is 0 Å². The summed E-state index contributed by atoms with van der Waals surface area (Å²) >= 11 is 0. The van der Waals surface area contributed by atoms with Crippen molar-refractivity contribution >= 4 is 23.2 Å². The lowest BCUT2D eigenvalue weighted by Crippen LogP contribution is -2.42. The standard InChI is InChI=1S/C17H21NO3.ClH/c19-16(12-18-7-9-20-10-8-18)13-21-17-6-5-14-3-1-2-4-15(14)11-17;/h1-6,11,16,19H,7-10,12-13H2;1H. The molecule has 0 bridgehead atoms. The summed E-state index contributed by atoms with van der Waals surface area (Å²) in [4.78, 5) is 2.21. The Labute approximate surface area is 137 Å². The number of rotatable bonds is 5. The molecule has 2 aromatic carbocycles. The fourth-order valence-electron chi connectivity index (χ4n) is 2.58. The quantitative estimate of drug-likeness (QED) is 0.917. The van der Waals surface area contributed by atoms with Gasteiger partial charge in [0.05, 0.1) is 13.2 Å². The van der Waals surface area contributed by atoms with Gasteiger partial charge in [0.2, 0.25) is 0 Å². The molecule has 22 heavy (non-hydrogen) atoms. The van der Waals surface area contributed by atoms with Crippen molar-refractivity contribution in [1.29, 1.82) is 0 Å². The van der Waals surface area contributed by atoms with Gasteiger partial charge in [0.1, 0.15) is 18.5 Å². The summed E-state index contributed by atoms with van der Waals surface area (Å²) in [5.41, 5.74) is 0. The van der Waals surface area contributed by atoms with E-state index in [4.69, 9.17) is 9.47 Å². The molecule has 1 atom stereocenters. The van der Waals surface area contributed by atoms with E-state index in [1.165, 1.54) is 5.39 Å². The molecule has 0 aromatic heterocycles. The third-order valence-corrected chi connectivity index (χ3v) is 3.74. The van der Waals surface area contributed by atoms with Crippen LogP contribution in [0.5, 0.6) is 5.75 Å². The Hall–Kier alpha value is -1.33. The van der Waals surface area contributed by atoms with E-state index >= 15 is 0 Å². The summed E-state index contributed by atoms with van der Waals surface area (Å²) in [6.45, 7) is 4.21. The molecule has 120 valence electrons. The van der Waals surface area contributed by atoms with Gasteiger partial charge in [-0.3, -0.25) is 4.90 Å². The molecule has 0 spiro atoms. The van der Waals surface area contributed by atoms with Crippen LogP contribution in [-0.4, -0.2) is 55.6 Å². The zero-order valence-electron chi connectivity index (χ0n) is 12.5. The van der Waals surface area contributed by atoms with E-state index in [9.17, 15) is 5.11 Å². The Bertz CT molecular complexity index is 587. The van der Waals surface area contributed by atoms with Crippen LogP contribution >= 0.6 is 12.4 Å². The number of halogens is 1. The average molecular weight is 324 g/mol. The molecule has 0 radical (unpaired) electrons. The number of hydrogen-bond donors (Lipinski definition) is 1. The molecular formula is C17H22ClNO3. The fourth-order valence-corrected chi connectivity index (χ4v) is 2.58. The molecule has 1 saturated heterocycles. The molecule has 4 nitrogen and oxygen atoms in total. The van der Waals surface area contributed by atoms with Gasteiger partial charge in [-0.2, -0.15) is 0 Å². The van der Waals surface area contributed by atoms with Crippen LogP contribution in [0.2, 0.25) is 0 Å². The van der Waals surface area contributed by atoms with E-state index in [-0.39, 0.29) is 12.4 Å². The second-order valence-electron chi connectivity index (χ2n) is 5.39. The Balaban J connectivity index is 0.00000176. The maximum absolute atomic E-state index is 10.1. The molecule has 0 aliphatic carbocycles. The molecule has 1 unspecified atom stereocenters. The maximum Gasteiger partial charge on any atom is 0.120 e. The summed E-state index contributed by atoms with van der Waals surface area (Å²) in [7, 11) is 0. The van der Waals surface area contributed by atoms with E-state index in [2.05, 4.69) is 17.0 Å². The van der Waals surface area contributed by atoms with Crippen LogP contribution in [-0.2, 0) is 4.74 Å². The van der Waals surface area contributed by atoms with Gasteiger partial charge >= 0.3 is 0 Å². The smallest absolute Gasteiger partial charge is 0.120 e. The average Bonchev–Trinajstić information content (AvgIpc) is 2.54. The first-order valence-corrected chi connectivity index (χ1v) is 7.41. The van der Waals surface area contributed by atoms with Crippen LogP contribution in [0.3, 0.4) is 0 Å². The molecule has 1 aliphatic rings. The number of hydrogen-bond acceptors (Lipinski definition) is 4. The SMILES string of the molecule is Cl.OC(COc1ccc2ccccc2c1)CN1CCOCC1. The predicted octanol–water partition coefficient (Wildman–Crippen LogP) is 2.33. The third-order valence-electron chi connectivity index (χ3n) is 3.74. The molecule has 0 saturated carbocycles. The van der Waals surface area contributed by atoms with Crippen LogP contribution in [0.1, 0.15) is 0 Å². The minimum Gasteiger partial charge on any atom is -0.491 e. The number of nitrogens with zero attached hydrogens (tertiary/aromatic N) is 1. The summed E-state index contributed by atoms with van der Waals surface area (Å²) < 4.78 is 11.0. The fraction of sp³-hybridized carbons (Fsp3) is 0.412. The first-order valence-electron chi connectivity index (χ1n) is 7.41. The molecule has 5 heteroatoms. The van der Waals surface area contributed by atoms with Crippen LogP contribution in [0.4, 0.5) is 0 Å². The van der Waals surface area contributed by atoms with E-state index in [0.29, 0.717) is 13.2 Å². The molecule has 1 aliphatic heterocycles. The second-order valence-corrected chi connectivity index (χ2v) is 5.39. The Kier molecular flexibility index (Phi) is 6.46. The molecule has 1 N–H and O–H groups in total.